The molecule has 0 spiro atoms. The van der Waals surface area contributed by atoms with Crippen molar-refractivity contribution in [3.05, 3.63) is 47.8 Å². The monoisotopic (exact) mass is 396 g/mol. The predicted octanol–water partition coefficient (Wildman–Crippen LogP) is 4.20. The van der Waals surface area contributed by atoms with Crippen LogP contribution in [0.25, 0.3) is 22.8 Å². The standard InChI is InChI=1S/C21H21FN4O3/c1-12-4-2-3-9-26(12)18-8-6-14(11-17(18)23)20-24-19(25-29-20)13-5-7-15(21(27)28)16(22)10-13/h5-8,10-12H,2-4,9,23H2,1H3,(H,27,28). The van der Waals surface area contributed by atoms with Gasteiger partial charge in [0.2, 0.25) is 5.82 Å². The van der Waals surface area contributed by atoms with Crippen LogP contribution < -0.4 is 10.6 Å². The third kappa shape index (κ3) is 3.65. The number of halogens is 1. The maximum absolute atomic E-state index is 13.9. The first kappa shape index (κ1) is 18.9. The van der Waals surface area contributed by atoms with Crippen molar-refractivity contribution in [3.63, 3.8) is 0 Å². The van der Waals surface area contributed by atoms with E-state index < -0.39 is 17.3 Å². The van der Waals surface area contributed by atoms with Gasteiger partial charge in [0.25, 0.3) is 5.89 Å². The third-order valence-electron chi connectivity index (χ3n) is 5.27. The summed E-state index contributed by atoms with van der Waals surface area (Å²) in [4.78, 5) is 17.6. The highest BCUT2D eigenvalue weighted by molar-refractivity contribution is 5.88. The molecule has 0 bridgehead atoms. The first-order valence-corrected chi connectivity index (χ1v) is 9.47. The minimum absolute atomic E-state index is 0.170. The molecule has 1 unspecified atom stereocenters. The number of carboxylic acid groups (broad SMARTS) is 1. The van der Waals surface area contributed by atoms with Gasteiger partial charge in [-0.15, -0.1) is 0 Å². The Morgan fingerprint density at radius 2 is 2.03 bits per heavy atom. The molecule has 1 saturated heterocycles. The number of hydrogen-bond donors (Lipinski definition) is 2. The summed E-state index contributed by atoms with van der Waals surface area (Å²) >= 11 is 0. The summed E-state index contributed by atoms with van der Waals surface area (Å²) in [7, 11) is 0. The van der Waals surface area contributed by atoms with Crippen LogP contribution in [0, 0.1) is 5.82 Å². The Bertz CT molecular complexity index is 1070. The fourth-order valence-electron chi connectivity index (χ4n) is 3.69. The van der Waals surface area contributed by atoms with Crippen LogP contribution in [-0.2, 0) is 0 Å². The average molecular weight is 396 g/mol. The number of piperidine rings is 1. The van der Waals surface area contributed by atoms with Crippen LogP contribution in [0.3, 0.4) is 0 Å². The van der Waals surface area contributed by atoms with Crippen LogP contribution >= 0.6 is 0 Å². The highest BCUT2D eigenvalue weighted by Crippen LogP contribution is 2.33. The van der Waals surface area contributed by atoms with Crippen LogP contribution in [0.1, 0.15) is 36.5 Å². The van der Waals surface area contributed by atoms with Gasteiger partial charge in [-0.05, 0) is 62.6 Å². The molecule has 0 saturated carbocycles. The lowest BCUT2D eigenvalue weighted by Gasteiger charge is -2.36. The Morgan fingerprint density at radius 3 is 2.72 bits per heavy atom. The fraction of sp³-hybridized carbons (Fsp3) is 0.286. The van der Waals surface area contributed by atoms with Crippen LogP contribution in [0.15, 0.2) is 40.9 Å². The third-order valence-corrected chi connectivity index (χ3v) is 5.27. The van der Waals surface area contributed by atoms with Crippen LogP contribution in [-0.4, -0.2) is 33.8 Å². The van der Waals surface area contributed by atoms with Crippen molar-refractivity contribution in [2.45, 2.75) is 32.2 Å². The predicted molar refractivity (Wildman–Crippen MR) is 107 cm³/mol. The average Bonchev–Trinajstić information content (AvgIpc) is 3.18. The molecule has 1 fully saturated rings. The zero-order chi connectivity index (χ0) is 20.5. The summed E-state index contributed by atoms with van der Waals surface area (Å²) in [5.41, 5.74) is 8.51. The SMILES string of the molecule is CC1CCCCN1c1ccc(-c2nc(-c3ccc(C(=O)O)c(F)c3)no2)cc1N. The van der Waals surface area contributed by atoms with E-state index in [1.165, 1.54) is 18.6 Å². The summed E-state index contributed by atoms with van der Waals surface area (Å²) in [5, 5.41) is 12.8. The molecule has 3 N–H and O–H groups in total. The van der Waals surface area contributed by atoms with Gasteiger partial charge in [-0.3, -0.25) is 0 Å². The van der Waals surface area contributed by atoms with E-state index in [9.17, 15) is 9.18 Å². The first-order chi connectivity index (χ1) is 13.9. The van der Waals surface area contributed by atoms with Gasteiger partial charge in [0.05, 0.1) is 16.9 Å². The van der Waals surface area contributed by atoms with Gasteiger partial charge in [0, 0.05) is 23.7 Å². The fourth-order valence-corrected chi connectivity index (χ4v) is 3.69. The molecule has 2 heterocycles. The van der Waals surface area contributed by atoms with E-state index in [1.54, 1.807) is 6.07 Å². The van der Waals surface area contributed by atoms with Crippen molar-refractivity contribution in [2.24, 2.45) is 0 Å². The van der Waals surface area contributed by atoms with Crippen LogP contribution in [0.5, 0.6) is 0 Å². The Morgan fingerprint density at radius 1 is 1.24 bits per heavy atom. The summed E-state index contributed by atoms with van der Waals surface area (Å²) in [6, 6.07) is 9.76. The van der Waals surface area contributed by atoms with Gasteiger partial charge >= 0.3 is 5.97 Å². The maximum atomic E-state index is 13.9. The van der Waals surface area contributed by atoms with Crippen molar-refractivity contribution in [1.82, 2.24) is 10.1 Å². The minimum Gasteiger partial charge on any atom is -0.478 e. The molecular formula is C21H21FN4O3. The molecule has 0 aliphatic carbocycles. The normalized spacial score (nSPS) is 16.8. The van der Waals surface area contributed by atoms with Gasteiger partial charge < -0.3 is 20.3 Å². The largest absolute Gasteiger partial charge is 0.478 e. The maximum Gasteiger partial charge on any atom is 0.338 e. The summed E-state index contributed by atoms with van der Waals surface area (Å²) in [6.45, 7) is 3.18. The second-order valence-electron chi connectivity index (χ2n) is 7.23. The molecule has 4 rings (SSSR count). The number of carbonyl (C=O) groups is 1. The summed E-state index contributed by atoms with van der Waals surface area (Å²) in [6.07, 6.45) is 3.52. The Hall–Kier alpha value is -3.42. The Balaban J connectivity index is 1.60. The van der Waals surface area contributed by atoms with Crippen LogP contribution in [0.4, 0.5) is 15.8 Å². The molecule has 150 valence electrons. The Kier molecular flexibility index (Phi) is 4.92. The number of aromatic nitrogens is 2. The molecule has 1 aromatic heterocycles. The number of hydrogen-bond acceptors (Lipinski definition) is 6. The van der Waals surface area contributed by atoms with Gasteiger partial charge in [-0.1, -0.05) is 5.16 Å². The molecular weight excluding hydrogens is 375 g/mol. The molecule has 0 radical (unpaired) electrons. The highest BCUT2D eigenvalue weighted by atomic mass is 19.1. The molecule has 29 heavy (non-hydrogen) atoms. The van der Waals surface area contributed by atoms with Crippen molar-refractivity contribution < 1.29 is 18.8 Å². The number of benzene rings is 2. The Labute approximate surface area is 167 Å². The molecule has 3 aromatic rings. The quantitative estimate of drug-likeness (QED) is 0.637. The lowest BCUT2D eigenvalue weighted by Crippen LogP contribution is -2.37. The number of nitrogens with two attached hydrogens (primary N) is 1. The number of aromatic carboxylic acids is 1. The van der Waals surface area contributed by atoms with Gasteiger partial charge in [0.1, 0.15) is 5.82 Å². The number of carboxylic acids is 1. The second-order valence-corrected chi connectivity index (χ2v) is 7.23. The molecule has 2 aromatic carbocycles. The van der Waals surface area contributed by atoms with Crippen LogP contribution in [0.2, 0.25) is 0 Å². The van der Waals surface area contributed by atoms with Crippen molar-refractivity contribution >= 4 is 17.3 Å². The smallest absolute Gasteiger partial charge is 0.338 e. The number of nitrogens with zero attached hydrogens (tertiary/aromatic N) is 3. The van der Waals surface area contributed by atoms with Gasteiger partial charge in [-0.2, -0.15) is 4.98 Å². The lowest BCUT2D eigenvalue weighted by atomic mass is 10.0. The van der Waals surface area contributed by atoms with E-state index >= 15 is 0 Å². The number of nitrogen functional groups attached to an aromatic ring is 1. The van der Waals surface area contributed by atoms with Crippen molar-refractivity contribution in [2.75, 3.05) is 17.2 Å². The van der Waals surface area contributed by atoms with Crippen molar-refractivity contribution in [3.8, 4) is 22.8 Å². The van der Waals surface area contributed by atoms with E-state index in [-0.39, 0.29) is 11.7 Å². The zero-order valence-electron chi connectivity index (χ0n) is 15.9. The molecule has 0 amide bonds. The van der Waals surface area contributed by atoms with E-state index in [2.05, 4.69) is 22.0 Å². The highest BCUT2D eigenvalue weighted by Gasteiger charge is 2.21. The van der Waals surface area contributed by atoms with E-state index in [4.69, 9.17) is 15.4 Å². The van der Waals surface area contributed by atoms with E-state index in [0.717, 1.165) is 31.1 Å². The second kappa shape index (κ2) is 7.54. The molecule has 8 heteroatoms. The molecule has 1 atom stereocenters. The van der Waals surface area contributed by atoms with Crippen molar-refractivity contribution in [1.29, 1.82) is 0 Å². The number of rotatable bonds is 4. The number of anilines is 2. The first-order valence-electron chi connectivity index (χ1n) is 9.47. The lowest BCUT2D eigenvalue weighted by molar-refractivity contribution is 0.0692. The van der Waals surface area contributed by atoms with Gasteiger partial charge in [0.15, 0.2) is 0 Å². The van der Waals surface area contributed by atoms with Gasteiger partial charge in [-0.25, -0.2) is 9.18 Å². The minimum atomic E-state index is -1.33. The summed E-state index contributed by atoms with van der Waals surface area (Å²) in [5.74, 6) is -1.76. The van der Waals surface area contributed by atoms with E-state index in [0.29, 0.717) is 22.9 Å². The summed E-state index contributed by atoms with van der Waals surface area (Å²) < 4.78 is 19.2. The molecule has 1 aliphatic rings. The molecule has 7 nitrogen and oxygen atoms in total. The molecule has 1 aliphatic heterocycles. The van der Waals surface area contributed by atoms with E-state index in [1.807, 2.05) is 12.1 Å². The zero-order valence-corrected chi connectivity index (χ0v) is 15.9. The topological polar surface area (TPSA) is 105 Å².